The number of hydrogen-bond donors (Lipinski definition) is 3. The summed E-state index contributed by atoms with van der Waals surface area (Å²) in [5, 5.41) is 14.4. The number of carboxylic acids is 1. The Morgan fingerprint density at radius 2 is 1.87 bits per heavy atom. The molecule has 0 amide bonds. The predicted octanol–water partition coefficient (Wildman–Crippen LogP) is 4.79. The standard InChI is InChI=1S/C29H37N7O3/c1-17(2)26-25(28(37)38)27(19-16-36(6)22-11-9-8-10-18(19)22)33-29(32-26)31-21-14-20(30)23(15-24(21)39-7)35(5)13-12-34(3)4/h8-11,14-17H,12-13,30H2,1-7H3,(H,37,38)(H,31,32,33). The number of benzene rings is 2. The van der Waals surface area contributed by atoms with Crippen LogP contribution in [0.15, 0.2) is 42.6 Å². The van der Waals surface area contributed by atoms with E-state index in [1.165, 1.54) is 0 Å². The van der Waals surface area contributed by atoms with Gasteiger partial charge in [-0.05, 0) is 32.1 Å². The molecule has 0 unspecified atom stereocenters. The molecule has 2 heterocycles. The zero-order valence-corrected chi connectivity index (χ0v) is 23.6. The maximum atomic E-state index is 12.5. The monoisotopic (exact) mass is 531 g/mol. The number of carbonyl (C=O) groups is 1. The second kappa shape index (κ2) is 11.2. The molecule has 4 rings (SSSR count). The SMILES string of the molecule is COc1cc(N(C)CCN(C)C)c(N)cc1Nc1nc(-c2cn(C)c3ccccc23)c(C(=O)O)c(C(C)C)n1. The highest BCUT2D eigenvalue weighted by Gasteiger charge is 2.26. The molecule has 4 aromatic rings. The molecule has 10 heteroatoms. The van der Waals surface area contributed by atoms with Crippen molar-refractivity contribution >= 4 is 39.9 Å². The van der Waals surface area contributed by atoms with E-state index in [1.807, 2.05) is 83.1 Å². The summed E-state index contributed by atoms with van der Waals surface area (Å²) in [7, 11) is 9.56. The largest absolute Gasteiger partial charge is 0.494 e. The summed E-state index contributed by atoms with van der Waals surface area (Å²) in [6.45, 7) is 5.50. The number of aromatic carboxylic acids is 1. The molecule has 0 aliphatic carbocycles. The third kappa shape index (κ3) is 5.61. The molecular weight excluding hydrogens is 494 g/mol. The molecule has 2 aromatic heterocycles. The van der Waals surface area contributed by atoms with Crippen LogP contribution in [0, 0.1) is 0 Å². The molecule has 0 radical (unpaired) electrons. The quantitative estimate of drug-likeness (QED) is 0.248. The Morgan fingerprint density at radius 3 is 2.51 bits per heavy atom. The van der Waals surface area contributed by atoms with Gasteiger partial charge in [0, 0.05) is 55.9 Å². The number of aryl methyl sites for hydroxylation is 1. The van der Waals surface area contributed by atoms with Crippen LogP contribution in [0.3, 0.4) is 0 Å². The Balaban J connectivity index is 1.84. The van der Waals surface area contributed by atoms with Crippen molar-refractivity contribution in [3.63, 3.8) is 0 Å². The van der Waals surface area contributed by atoms with E-state index < -0.39 is 5.97 Å². The van der Waals surface area contributed by atoms with Crippen LogP contribution >= 0.6 is 0 Å². The van der Waals surface area contributed by atoms with E-state index in [0.29, 0.717) is 28.5 Å². The average molecular weight is 532 g/mol. The first kappa shape index (κ1) is 27.7. The van der Waals surface area contributed by atoms with Crippen LogP contribution in [0.5, 0.6) is 5.75 Å². The molecule has 4 N–H and O–H groups in total. The van der Waals surface area contributed by atoms with Gasteiger partial charge >= 0.3 is 5.97 Å². The van der Waals surface area contributed by atoms with Crippen LogP contribution in [0.1, 0.15) is 35.8 Å². The second-order valence-corrected chi connectivity index (χ2v) is 10.2. The Hall–Kier alpha value is -4.31. The number of nitrogens with zero attached hydrogens (tertiary/aromatic N) is 5. The van der Waals surface area contributed by atoms with E-state index in [9.17, 15) is 9.90 Å². The van der Waals surface area contributed by atoms with E-state index >= 15 is 0 Å². The lowest BCUT2D eigenvalue weighted by molar-refractivity contribution is 0.0695. The Kier molecular flexibility index (Phi) is 7.96. The van der Waals surface area contributed by atoms with Crippen molar-refractivity contribution in [3.05, 3.63) is 53.9 Å². The molecular formula is C29H37N7O3. The highest BCUT2D eigenvalue weighted by Crippen LogP contribution is 2.38. The number of methoxy groups -OCH3 is 1. The van der Waals surface area contributed by atoms with Crippen LogP contribution < -0.4 is 20.7 Å². The van der Waals surface area contributed by atoms with Crippen molar-refractivity contribution in [1.82, 2.24) is 19.4 Å². The summed E-state index contributed by atoms with van der Waals surface area (Å²) in [4.78, 5) is 26.1. The van der Waals surface area contributed by atoms with Crippen LogP contribution in [0.25, 0.3) is 22.2 Å². The molecule has 2 aromatic carbocycles. The number of anilines is 4. The van der Waals surface area contributed by atoms with Gasteiger partial charge in [0.2, 0.25) is 5.95 Å². The number of para-hydroxylation sites is 1. The minimum absolute atomic E-state index is 0.0937. The van der Waals surface area contributed by atoms with E-state index in [2.05, 4.69) is 20.1 Å². The van der Waals surface area contributed by atoms with Gasteiger partial charge in [0.05, 0.1) is 35.6 Å². The van der Waals surface area contributed by atoms with Crippen LogP contribution in [0.4, 0.5) is 23.0 Å². The normalized spacial score (nSPS) is 11.4. The predicted molar refractivity (Wildman–Crippen MR) is 158 cm³/mol. The molecule has 10 nitrogen and oxygen atoms in total. The van der Waals surface area contributed by atoms with Gasteiger partial charge in [-0.25, -0.2) is 14.8 Å². The minimum Gasteiger partial charge on any atom is -0.494 e. The summed E-state index contributed by atoms with van der Waals surface area (Å²) < 4.78 is 7.66. The van der Waals surface area contributed by atoms with E-state index in [1.54, 1.807) is 13.2 Å². The number of nitrogen functional groups attached to an aromatic ring is 1. The number of nitrogens with two attached hydrogens (primary N) is 1. The fourth-order valence-corrected chi connectivity index (χ4v) is 4.66. The van der Waals surface area contributed by atoms with Crippen LogP contribution in [0.2, 0.25) is 0 Å². The van der Waals surface area contributed by atoms with Gasteiger partial charge in [0.25, 0.3) is 0 Å². The highest BCUT2D eigenvalue weighted by molar-refractivity contribution is 6.03. The third-order valence-corrected chi connectivity index (χ3v) is 6.74. The van der Waals surface area contributed by atoms with Gasteiger partial charge in [-0.1, -0.05) is 32.0 Å². The number of aromatic nitrogens is 3. The van der Waals surface area contributed by atoms with Crippen molar-refractivity contribution < 1.29 is 14.6 Å². The van der Waals surface area contributed by atoms with Crippen molar-refractivity contribution in [3.8, 4) is 17.0 Å². The zero-order valence-electron chi connectivity index (χ0n) is 23.6. The summed E-state index contributed by atoms with van der Waals surface area (Å²) in [6.07, 6.45) is 1.91. The first-order valence-electron chi connectivity index (χ1n) is 12.8. The van der Waals surface area contributed by atoms with E-state index in [-0.39, 0.29) is 17.4 Å². The Labute approximate surface area is 229 Å². The third-order valence-electron chi connectivity index (χ3n) is 6.74. The minimum atomic E-state index is -1.07. The number of nitrogens with one attached hydrogen (secondary N) is 1. The number of rotatable bonds is 10. The summed E-state index contributed by atoms with van der Waals surface area (Å²) in [5.41, 5.74) is 11.1. The first-order valence-corrected chi connectivity index (χ1v) is 12.8. The van der Waals surface area contributed by atoms with E-state index in [0.717, 1.165) is 35.2 Å². The average Bonchev–Trinajstić information content (AvgIpc) is 3.23. The van der Waals surface area contributed by atoms with Gasteiger partial charge in [0.1, 0.15) is 11.3 Å². The molecule has 0 aliphatic heterocycles. The van der Waals surface area contributed by atoms with Gasteiger partial charge in [-0.2, -0.15) is 0 Å². The lowest BCUT2D eigenvalue weighted by atomic mass is 9.98. The maximum absolute atomic E-state index is 12.5. The fourth-order valence-electron chi connectivity index (χ4n) is 4.66. The fraction of sp³-hybridized carbons (Fsp3) is 0.345. The van der Waals surface area contributed by atoms with Gasteiger partial charge in [-0.3, -0.25) is 0 Å². The van der Waals surface area contributed by atoms with Crippen molar-refractivity contribution in [2.45, 2.75) is 19.8 Å². The Morgan fingerprint density at radius 1 is 1.15 bits per heavy atom. The number of carboxylic acid groups (broad SMARTS) is 1. The highest BCUT2D eigenvalue weighted by atomic mass is 16.5. The van der Waals surface area contributed by atoms with E-state index in [4.69, 9.17) is 15.5 Å². The molecule has 39 heavy (non-hydrogen) atoms. The smallest absolute Gasteiger partial charge is 0.339 e. The van der Waals surface area contributed by atoms with Gasteiger partial charge in [-0.15, -0.1) is 0 Å². The maximum Gasteiger partial charge on any atom is 0.339 e. The van der Waals surface area contributed by atoms with Crippen molar-refractivity contribution in [2.75, 3.05) is 57.3 Å². The first-order chi connectivity index (χ1) is 18.5. The van der Waals surface area contributed by atoms with Crippen molar-refractivity contribution in [1.29, 1.82) is 0 Å². The topological polar surface area (TPSA) is 122 Å². The Bertz CT molecular complexity index is 1510. The van der Waals surface area contributed by atoms with Gasteiger partial charge < -0.3 is 35.3 Å². The van der Waals surface area contributed by atoms with Gasteiger partial charge in [0.15, 0.2) is 0 Å². The summed E-state index contributed by atoms with van der Waals surface area (Å²) in [5.74, 6) is -0.397. The number of hydrogen-bond acceptors (Lipinski definition) is 8. The molecule has 206 valence electrons. The molecule has 0 saturated carbocycles. The number of fused-ring (bicyclic) bond motifs is 1. The van der Waals surface area contributed by atoms with Crippen LogP contribution in [-0.4, -0.2) is 71.9 Å². The molecule has 0 atom stereocenters. The molecule has 0 fully saturated rings. The lowest BCUT2D eigenvalue weighted by Crippen LogP contribution is -2.29. The second-order valence-electron chi connectivity index (χ2n) is 10.2. The van der Waals surface area contributed by atoms with Crippen LogP contribution in [-0.2, 0) is 7.05 Å². The summed E-state index contributed by atoms with van der Waals surface area (Å²) in [6, 6.07) is 11.5. The lowest BCUT2D eigenvalue weighted by Gasteiger charge is -2.24. The molecule has 0 aliphatic rings. The number of likely N-dealkylation sites (N-methyl/N-ethyl adjacent to an activating group) is 2. The molecule has 0 spiro atoms. The molecule has 0 bridgehead atoms. The molecule has 0 saturated heterocycles. The number of ether oxygens (including phenoxy) is 1. The van der Waals surface area contributed by atoms with Crippen molar-refractivity contribution in [2.24, 2.45) is 7.05 Å². The zero-order chi connectivity index (χ0) is 28.4. The summed E-state index contributed by atoms with van der Waals surface area (Å²) >= 11 is 0.